The Morgan fingerprint density at radius 2 is 1.67 bits per heavy atom. The van der Waals surface area contributed by atoms with Crippen LogP contribution in [0.25, 0.3) is 0 Å². The molecule has 0 unspecified atom stereocenters. The van der Waals surface area contributed by atoms with Crippen LogP contribution in [0.5, 0.6) is 0 Å². The Balaban J connectivity index is 1.94. The number of benzene rings is 2. The van der Waals surface area contributed by atoms with Crippen molar-refractivity contribution in [3.8, 4) is 0 Å². The molecular weight excluding hydrogens is 502 g/mol. The molecule has 0 saturated heterocycles. The maximum Gasteiger partial charge on any atom is 0.259 e. The SMILES string of the molecule is C/C(=N\NC(=O)CNc1c(Br)cc(C)cc1Br)c1ccc(Br)cc1. The second-order valence-electron chi connectivity index (χ2n) is 5.20. The Bertz CT molecular complexity index is 750. The number of carbonyl (C=O) groups is 1. The maximum absolute atomic E-state index is 12.0. The minimum absolute atomic E-state index is 0.122. The molecule has 0 aliphatic carbocycles. The van der Waals surface area contributed by atoms with Crippen LogP contribution >= 0.6 is 47.8 Å². The van der Waals surface area contributed by atoms with Gasteiger partial charge in [-0.3, -0.25) is 4.79 Å². The number of halogens is 3. The molecule has 0 aromatic heterocycles. The molecule has 2 aromatic carbocycles. The van der Waals surface area contributed by atoms with Gasteiger partial charge in [-0.05, 0) is 81.1 Å². The number of anilines is 1. The Labute approximate surface area is 166 Å². The number of rotatable bonds is 5. The zero-order valence-electron chi connectivity index (χ0n) is 13.2. The van der Waals surface area contributed by atoms with Gasteiger partial charge < -0.3 is 5.32 Å². The lowest BCUT2D eigenvalue weighted by atomic mass is 10.1. The quantitative estimate of drug-likeness (QED) is 0.421. The highest BCUT2D eigenvalue weighted by atomic mass is 79.9. The molecule has 0 radical (unpaired) electrons. The lowest BCUT2D eigenvalue weighted by Crippen LogP contribution is -2.27. The summed E-state index contributed by atoms with van der Waals surface area (Å²) in [6.07, 6.45) is 0. The zero-order valence-corrected chi connectivity index (χ0v) is 17.9. The predicted octanol–water partition coefficient (Wildman–Crippen LogP) is 5.23. The second kappa shape index (κ2) is 8.78. The maximum atomic E-state index is 12.0. The zero-order chi connectivity index (χ0) is 17.7. The molecule has 4 nitrogen and oxygen atoms in total. The van der Waals surface area contributed by atoms with Gasteiger partial charge in [-0.15, -0.1) is 0 Å². The first-order chi connectivity index (χ1) is 11.4. The fraction of sp³-hybridized carbons (Fsp3) is 0.176. The van der Waals surface area contributed by atoms with E-state index in [0.29, 0.717) is 0 Å². The van der Waals surface area contributed by atoms with Crippen molar-refractivity contribution in [3.05, 3.63) is 60.9 Å². The number of hydrogen-bond acceptors (Lipinski definition) is 3. The molecule has 2 aromatic rings. The van der Waals surface area contributed by atoms with E-state index >= 15 is 0 Å². The van der Waals surface area contributed by atoms with Crippen LogP contribution in [0.2, 0.25) is 0 Å². The van der Waals surface area contributed by atoms with Crippen molar-refractivity contribution in [1.82, 2.24) is 5.43 Å². The number of aryl methyl sites for hydroxylation is 1. The third-order valence-electron chi connectivity index (χ3n) is 3.22. The fourth-order valence-electron chi connectivity index (χ4n) is 1.98. The topological polar surface area (TPSA) is 53.5 Å². The lowest BCUT2D eigenvalue weighted by molar-refractivity contribution is -0.119. The summed E-state index contributed by atoms with van der Waals surface area (Å²) in [5.74, 6) is -0.217. The summed E-state index contributed by atoms with van der Waals surface area (Å²) >= 11 is 10.4. The average molecular weight is 518 g/mol. The summed E-state index contributed by atoms with van der Waals surface area (Å²) in [6.45, 7) is 3.98. The highest BCUT2D eigenvalue weighted by Crippen LogP contribution is 2.32. The Morgan fingerprint density at radius 1 is 1.08 bits per heavy atom. The van der Waals surface area contributed by atoms with Crippen LogP contribution in [0, 0.1) is 6.92 Å². The number of amides is 1. The van der Waals surface area contributed by atoms with E-state index in [-0.39, 0.29) is 12.5 Å². The summed E-state index contributed by atoms with van der Waals surface area (Å²) < 4.78 is 2.80. The number of hydrazone groups is 1. The van der Waals surface area contributed by atoms with Crippen molar-refractivity contribution in [3.63, 3.8) is 0 Å². The molecule has 1 amide bonds. The summed E-state index contributed by atoms with van der Waals surface area (Å²) in [7, 11) is 0. The highest BCUT2D eigenvalue weighted by molar-refractivity contribution is 9.11. The molecule has 0 aliphatic heterocycles. The van der Waals surface area contributed by atoms with E-state index in [4.69, 9.17) is 0 Å². The van der Waals surface area contributed by atoms with Gasteiger partial charge in [0, 0.05) is 13.4 Å². The molecule has 2 N–H and O–H groups in total. The van der Waals surface area contributed by atoms with Gasteiger partial charge in [0.2, 0.25) is 0 Å². The Hall–Kier alpha value is -1.18. The average Bonchev–Trinajstić information content (AvgIpc) is 2.52. The molecule has 0 atom stereocenters. The van der Waals surface area contributed by atoms with Crippen LogP contribution in [0.15, 0.2) is 54.9 Å². The Kier molecular flexibility index (Phi) is 7.01. The third-order valence-corrected chi connectivity index (χ3v) is 5.00. The van der Waals surface area contributed by atoms with Crippen LogP contribution in [0.1, 0.15) is 18.1 Å². The molecule has 0 heterocycles. The van der Waals surface area contributed by atoms with Crippen molar-refractivity contribution in [2.45, 2.75) is 13.8 Å². The van der Waals surface area contributed by atoms with E-state index in [2.05, 4.69) is 63.6 Å². The monoisotopic (exact) mass is 515 g/mol. The summed E-state index contributed by atoms with van der Waals surface area (Å²) in [5, 5.41) is 7.23. The van der Waals surface area contributed by atoms with Crippen LogP contribution < -0.4 is 10.7 Å². The van der Waals surface area contributed by atoms with Crippen molar-refractivity contribution in [1.29, 1.82) is 0 Å². The van der Waals surface area contributed by atoms with Crippen LogP contribution in [-0.2, 0) is 4.79 Å². The number of hydrogen-bond donors (Lipinski definition) is 2. The first kappa shape index (κ1) is 19.1. The van der Waals surface area contributed by atoms with Gasteiger partial charge in [0.05, 0.1) is 17.9 Å². The number of nitrogens with one attached hydrogen (secondary N) is 2. The van der Waals surface area contributed by atoms with E-state index in [9.17, 15) is 4.79 Å². The van der Waals surface area contributed by atoms with Gasteiger partial charge in [0.15, 0.2) is 0 Å². The first-order valence-electron chi connectivity index (χ1n) is 7.15. The van der Waals surface area contributed by atoms with Gasteiger partial charge in [0.1, 0.15) is 0 Å². The molecular formula is C17H16Br3N3O. The number of carbonyl (C=O) groups excluding carboxylic acids is 1. The molecule has 126 valence electrons. The molecule has 2 rings (SSSR count). The van der Waals surface area contributed by atoms with Crippen LogP contribution in [0.3, 0.4) is 0 Å². The van der Waals surface area contributed by atoms with E-state index in [1.54, 1.807) is 0 Å². The first-order valence-corrected chi connectivity index (χ1v) is 9.53. The fourth-order valence-corrected chi connectivity index (χ4v) is 3.94. The minimum atomic E-state index is -0.217. The summed E-state index contributed by atoms with van der Waals surface area (Å²) in [6, 6.07) is 11.7. The Morgan fingerprint density at radius 3 is 2.25 bits per heavy atom. The molecule has 7 heteroatoms. The molecule has 0 spiro atoms. The van der Waals surface area contributed by atoms with Gasteiger partial charge in [-0.25, -0.2) is 5.43 Å². The smallest absolute Gasteiger partial charge is 0.259 e. The van der Waals surface area contributed by atoms with Crippen molar-refractivity contribution < 1.29 is 4.79 Å². The molecule has 0 aliphatic rings. The molecule has 0 fully saturated rings. The summed E-state index contributed by atoms with van der Waals surface area (Å²) in [4.78, 5) is 12.0. The van der Waals surface area contributed by atoms with Crippen molar-refractivity contribution in [2.24, 2.45) is 5.10 Å². The van der Waals surface area contributed by atoms with Gasteiger partial charge in [0.25, 0.3) is 5.91 Å². The predicted molar refractivity (Wildman–Crippen MR) is 110 cm³/mol. The third kappa shape index (κ3) is 5.43. The standard InChI is InChI=1S/C17H16Br3N3O/c1-10-7-14(19)17(15(20)8-10)21-9-16(24)23-22-11(2)12-3-5-13(18)6-4-12/h3-8,21H,9H2,1-2H3,(H,23,24)/b22-11+. The van der Waals surface area contributed by atoms with E-state index in [1.165, 1.54) is 0 Å². The molecule has 24 heavy (non-hydrogen) atoms. The van der Waals surface area contributed by atoms with E-state index < -0.39 is 0 Å². The van der Waals surface area contributed by atoms with Crippen LogP contribution in [0.4, 0.5) is 5.69 Å². The molecule has 0 bridgehead atoms. The van der Waals surface area contributed by atoms with Gasteiger partial charge in [-0.2, -0.15) is 5.10 Å². The summed E-state index contributed by atoms with van der Waals surface area (Å²) in [5.41, 5.74) is 6.22. The van der Waals surface area contributed by atoms with Gasteiger partial charge >= 0.3 is 0 Å². The lowest BCUT2D eigenvalue weighted by Gasteiger charge is -2.11. The normalized spacial score (nSPS) is 11.3. The van der Waals surface area contributed by atoms with Crippen molar-refractivity contribution >= 4 is 65.1 Å². The van der Waals surface area contributed by atoms with Gasteiger partial charge in [-0.1, -0.05) is 28.1 Å². The largest absolute Gasteiger partial charge is 0.374 e. The number of nitrogens with zero attached hydrogens (tertiary/aromatic N) is 1. The van der Waals surface area contributed by atoms with Crippen molar-refractivity contribution in [2.75, 3.05) is 11.9 Å². The highest BCUT2D eigenvalue weighted by Gasteiger charge is 2.08. The van der Waals surface area contributed by atoms with E-state index in [1.807, 2.05) is 50.2 Å². The minimum Gasteiger partial charge on any atom is -0.374 e. The van der Waals surface area contributed by atoms with Crippen LogP contribution in [-0.4, -0.2) is 18.2 Å². The second-order valence-corrected chi connectivity index (χ2v) is 7.82. The molecule has 0 saturated carbocycles. The van der Waals surface area contributed by atoms with E-state index in [0.717, 1.165) is 35.9 Å².